The summed E-state index contributed by atoms with van der Waals surface area (Å²) in [6.45, 7) is 0.916. The number of amides is 2. The molecule has 5 nitrogen and oxygen atoms in total. The Kier molecular flexibility index (Phi) is 3.10. The van der Waals surface area contributed by atoms with Crippen LogP contribution in [0.25, 0.3) is 10.8 Å². The van der Waals surface area contributed by atoms with E-state index in [1.54, 1.807) is 17.3 Å². The first-order valence-electron chi connectivity index (χ1n) is 6.54. The largest absolute Gasteiger partial charge is 0.369 e. The van der Waals surface area contributed by atoms with E-state index in [4.69, 9.17) is 5.73 Å². The molecule has 0 saturated carbocycles. The molecule has 1 aliphatic rings. The van der Waals surface area contributed by atoms with Gasteiger partial charge in [0.25, 0.3) is 0 Å². The molecule has 1 aromatic heterocycles. The van der Waals surface area contributed by atoms with Crippen molar-refractivity contribution >= 4 is 22.6 Å². The van der Waals surface area contributed by atoms with Crippen LogP contribution in [0, 0.1) is 5.92 Å². The minimum atomic E-state index is -0.400. The van der Waals surface area contributed by atoms with E-state index in [2.05, 4.69) is 4.98 Å². The maximum atomic E-state index is 11.9. The van der Waals surface area contributed by atoms with E-state index >= 15 is 0 Å². The first-order valence-corrected chi connectivity index (χ1v) is 6.54. The van der Waals surface area contributed by atoms with Crippen molar-refractivity contribution in [3.63, 3.8) is 0 Å². The number of carbonyl (C=O) groups excluding carboxylic acids is 2. The highest BCUT2D eigenvalue weighted by Crippen LogP contribution is 2.23. The number of rotatable bonds is 3. The van der Waals surface area contributed by atoms with Crippen molar-refractivity contribution in [2.45, 2.75) is 13.0 Å². The molecular weight excluding hydrogens is 254 g/mol. The summed E-state index contributed by atoms with van der Waals surface area (Å²) < 4.78 is 0. The van der Waals surface area contributed by atoms with Gasteiger partial charge in [0.05, 0.1) is 5.92 Å². The Labute approximate surface area is 116 Å². The van der Waals surface area contributed by atoms with Gasteiger partial charge in [-0.2, -0.15) is 0 Å². The molecule has 1 aliphatic heterocycles. The number of nitrogens with zero attached hydrogens (tertiary/aromatic N) is 2. The lowest BCUT2D eigenvalue weighted by Gasteiger charge is -2.17. The molecule has 1 saturated heterocycles. The second-order valence-corrected chi connectivity index (χ2v) is 5.09. The van der Waals surface area contributed by atoms with Crippen molar-refractivity contribution in [3.8, 4) is 0 Å². The Morgan fingerprint density at radius 2 is 2.25 bits per heavy atom. The van der Waals surface area contributed by atoms with Crippen molar-refractivity contribution < 1.29 is 9.59 Å². The number of nitrogens with two attached hydrogens (primary N) is 1. The Morgan fingerprint density at radius 1 is 1.40 bits per heavy atom. The van der Waals surface area contributed by atoms with Gasteiger partial charge < -0.3 is 10.6 Å². The number of aromatic nitrogens is 1. The van der Waals surface area contributed by atoms with Gasteiger partial charge in [0, 0.05) is 37.3 Å². The summed E-state index contributed by atoms with van der Waals surface area (Å²) in [7, 11) is 0. The monoisotopic (exact) mass is 269 g/mol. The van der Waals surface area contributed by atoms with Crippen LogP contribution in [0.2, 0.25) is 0 Å². The van der Waals surface area contributed by atoms with Crippen LogP contribution in [0.1, 0.15) is 12.0 Å². The molecule has 2 N–H and O–H groups in total. The maximum absolute atomic E-state index is 11.9. The van der Waals surface area contributed by atoms with Crippen molar-refractivity contribution in [2.24, 2.45) is 11.7 Å². The average molecular weight is 269 g/mol. The van der Waals surface area contributed by atoms with Gasteiger partial charge in [-0.05, 0) is 17.0 Å². The van der Waals surface area contributed by atoms with Crippen LogP contribution in [0.5, 0.6) is 0 Å². The van der Waals surface area contributed by atoms with E-state index in [0.29, 0.717) is 13.1 Å². The van der Waals surface area contributed by atoms with E-state index in [9.17, 15) is 9.59 Å². The topological polar surface area (TPSA) is 76.3 Å². The number of pyridine rings is 1. The van der Waals surface area contributed by atoms with Crippen LogP contribution in [0.3, 0.4) is 0 Å². The maximum Gasteiger partial charge on any atom is 0.223 e. The van der Waals surface area contributed by atoms with Crippen LogP contribution >= 0.6 is 0 Å². The number of hydrogen-bond donors (Lipinski definition) is 1. The van der Waals surface area contributed by atoms with Crippen LogP contribution in [0.15, 0.2) is 36.7 Å². The zero-order valence-corrected chi connectivity index (χ0v) is 11.0. The molecule has 1 fully saturated rings. The van der Waals surface area contributed by atoms with Crippen molar-refractivity contribution in [3.05, 3.63) is 42.2 Å². The number of hydrogen-bond acceptors (Lipinski definition) is 3. The summed E-state index contributed by atoms with van der Waals surface area (Å²) in [5.41, 5.74) is 6.34. The second kappa shape index (κ2) is 4.92. The molecule has 2 aromatic rings. The molecule has 0 spiro atoms. The van der Waals surface area contributed by atoms with Crippen LogP contribution in [-0.4, -0.2) is 28.2 Å². The highest BCUT2D eigenvalue weighted by Gasteiger charge is 2.33. The normalized spacial score (nSPS) is 18.7. The van der Waals surface area contributed by atoms with Crippen molar-refractivity contribution in [1.29, 1.82) is 0 Å². The van der Waals surface area contributed by atoms with E-state index in [1.807, 2.05) is 24.3 Å². The third kappa shape index (κ3) is 2.22. The number of likely N-dealkylation sites (tertiary alicyclic amines) is 1. The summed E-state index contributed by atoms with van der Waals surface area (Å²) in [6, 6.07) is 7.87. The fraction of sp³-hybridized carbons (Fsp3) is 0.267. The van der Waals surface area contributed by atoms with Gasteiger partial charge in [-0.25, -0.2) is 0 Å². The Balaban J connectivity index is 1.87. The summed E-state index contributed by atoms with van der Waals surface area (Å²) in [6.07, 6.45) is 3.77. The average Bonchev–Trinajstić information content (AvgIpc) is 2.81. The number of primary amides is 1. The molecule has 0 radical (unpaired) electrons. The van der Waals surface area contributed by atoms with Gasteiger partial charge in [-0.15, -0.1) is 0 Å². The summed E-state index contributed by atoms with van der Waals surface area (Å²) in [4.78, 5) is 28.9. The molecule has 5 heteroatoms. The second-order valence-electron chi connectivity index (χ2n) is 5.09. The quantitative estimate of drug-likeness (QED) is 0.905. The molecule has 1 aromatic carbocycles. The Hall–Kier alpha value is -2.43. The first kappa shape index (κ1) is 12.6. The fourth-order valence-electron chi connectivity index (χ4n) is 2.65. The van der Waals surface area contributed by atoms with E-state index < -0.39 is 5.91 Å². The standard InChI is InChI=1S/C15H15N3O2/c16-15(20)12-6-14(19)18(9-12)8-11-3-1-2-10-7-17-5-4-13(10)11/h1-5,7,12H,6,8-9H2,(H2,16,20). The molecule has 2 heterocycles. The molecule has 0 aliphatic carbocycles. The van der Waals surface area contributed by atoms with E-state index in [1.165, 1.54) is 0 Å². The van der Waals surface area contributed by atoms with Crippen LogP contribution in [-0.2, 0) is 16.1 Å². The molecule has 2 amide bonds. The third-order valence-electron chi connectivity index (χ3n) is 3.75. The highest BCUT2D eigenvalue weighted by atomic mass is 16.2. The van der Waals surface area contributed by atoms with Gasteiger partial charge in [0.2, 0.25) is 11.8 Å². The molecule has 1 atom stereocenters. The molecular formula is C15H15N3O2. The van der Waals surface area contributed by atoms with E-state index in [0.717, 1.165) is 16.3 Å². The fourth-order valence-corrected chi connectivity index (χ4v) is 2.65. The first-order chi connectivity index (χ1) is 9.65. The predicted molar refractivity (Wildman–Crippen MR) is 74.5 cm³/mol. The Bertz CT molecular complexity index is 678. The molecule has 1 unspecified atom stereocenters. The minimum Gasteiger partial charge on any atom is -0.369 e. The van der Waals surface area contributed by atoms with Crippen LogP contribution < -0.4 is 5.73 Å². The summed E-state index contributed by atoms with van der Waals surface area (Å²) in [5, 5.41) is 2.13. The van der Waals surface area contributed by atoms with Gasteiger partial charge in [0.1, 0.15) is 0 Å². The molecule has 0 bridgehead atoms. The zero-order chi connectivity index (χ0) is 14.1. The zero-order valence-electron chi connectivity index (χ0n) is 11.0. The van der Waals surface area contributed by atoms with Gasteiger partial charge in [0.15, 0.2) is 0 Å². The molecule has 3 rings (SSSR count). The lowest BCUT2D eigenvalue weighted by Crippen LogP contribution is -2.28. The lowest BCUT2D eigenvalue weighted by atomic mass is 10.1. The van der Waals surface area contributed by atoms with Gasteiger partial charge in [-0.3, -0.25) is 14.6 Å². The number of benzene rings is 1. The summed E-state index contributed by atoms with van der Waals surface area (Å²) >= 11 is 0. The highest BCUT2D eigenvalue weighted by molar-refractivity contribution is 5.89. The smallest absolute Gasteiger partial charge is 0.223 e. The summed E-state index contributed by atoms with van der Waals surface area (Å²) in [5.74, 6) is -0.776. The van der Waals surface area contributed by atoms with Crippen LogP contribution in [0.4, 0.5) is 0 Å². The Morgan fingerprint density at radius 3 is 3.00 bits per heavy atom. The predicted octanol–water partition coefficient (Wildman–Crippen LogP) is 1.07. The third-order valence-corrected chi connectivity index (χ3v) is 3.75. The van der Waals surface area contributed by atoms with E-state index in [-0.39, 0.29) is 18.2 Å². The minimum absolute atomic E-state index is 0.0140. The SMILES string of the molecule is NC(=O)C1CC(=O)N(Cc2cccc3cnccc23)C1. The molecule has 20 heavy (non-hydrogen) atoms. The van der Waals surface area contributed by atoms with Crippen molar-refractivity contribution in [2.75, 3.05) is 6.54 Å². The number of fused-ring (bicyclic) bond motifs is 1. The van der Waals surface area contributed by atoms with Crippen molar-refractivity contribution in [1.82, 2.24) is 9.88 Å². The molecule has 102 valence electrons. The number of carbonyl (C=O) groups is 2. The van der Waals surface area contributed by atoms with Gasteiger partial charge >= 0.3 is 0 Å². The van der Waals surface area contributed by atoms with Gasteiger partial charge in [-0.1, -0.05) is 18.2 Å². The lowest BCUT2D eigenvalue weighted by molar-refractivity contribution is -0.128.